The second-order valence-electron chi connectivity index (χ2n) is 7.88. The molecule has 2 atom stereocenters. The Morgan fingerprint density at radius 2 is 1.83 bits per heavy atom. The quantitative estimate of drug-likeness (QED) is 0.166. The van der Waals surface area contributed by atoms with Crippen LogP contribution in [0.5, 0.6) is 0 Å². The number of carboxylic acids is 2. The Morgan fingerprint density at radius 3 is 2.47 bits per heavy atom. The van der Waals surface area contributed by atoms with Crippen molar-refractivity contribution in [3.05, 3.63) is 41.1 Å². The van der Waals surface area contributed by atoms with Crippen LogP contribution < -0.4 is 5.32 Å². The van der Waals surface area contributed by atoms with Crippen LogP contribution in [0.3, 0.4) is 0 Å². The Hall–Kier alpha value is -3.43. The number of fused-ring (bicyclic) bond motifs is 1. The van der Waals surface area contributed by atoms with Gasteiger partial charge in [0.25, 0.3) is 16.0 Å². The lowest BCUT2D eigenvalue weighted by molar-refractivity contribution is -0.151. The molecular formula is C21H22N2O11S2. The second kappa shape index (κ2) is 11.1. The number of ether oxygens (including phenoxy) is 1. The largest absolute Gasteiger partial charge is 0.481 e. The lowest BCUT2D eigenvalue weighted by atomic mass is 10.0. The van der Waals surface area contributed by atoms with Gasteiger partial charge in [-0.05, 0) is 18.1 Å². The first-order valence-corrected chi connectivity index (χ1v) is 13.0. The summed E-state index contributed by atoms with van der Waals surface area (Å²) in [5.74, 6) is -4.49. The number of rotatable bonds is 11. The Bertz CT molecular complexity index is 1240. The third kappa shape index (κ3) is 6.22. The van der Waals surface area contributed by atoms with Gasteiger partial charge in [0.1, 0.15) is 23.7 Å². The van der Waals surface area contributed by atoms with Crippen LogP contribution >= 0.6 is 11.8 Å². The molecule has 0 bridgehead atoms. The second-order valence-corrected chi connectivity index (χ2v) is 10.4. The van der Waals surface area contributed by atoms with Crippen molar-refractivity contribution in [3.63, 3.8) is 0 Å². The highest BCUT2D eigenvalue weighted by Crippen LogP contribution is 2.40. The minimum atomic E-state index is -4.57. The zero-order chi connectivity index (χ0) is 26.6. The highest BCUT2D eigenvalue weighted by molar-refractivity contribution is 8.00. The Balaban J connectivity index is 1.64. The van der Waals surface area contributed by atoms with E-state index in [1.165, 1.54) is 18.2 Å². The molecule has 3 rings (SSSR count). The van der Waals surface area contributed by atoms with Crippen LogP contribution in [0, 0.1) is 0 Å². The predicted molar refractivity (Wildman–Crippen MR) is 122 cm³/mol. The summed E-state index contributed by atoms with van der Waals surface area (Å²) in [7, 11) is -4.57. The van der Waals surface area contributed by atoms with Gasteiger partial charge in [0, 0.05) is 24.2 Å². The molecule has 0 unspecified atom stereocenters. The summed E-state index contributed by atoms with van der Waals surface area (Å²) in [6.07, 6.45) is -0.750. The van der Waals surface area contributed by atoms with Crippen LogP contribution in [0.1, 0.15) is 24.8 Å². The fourth-order valence-electron chi connectivity index (χ4n) is 3.72. The van der Waals surface area contributed by atoms with E-state index in [-0.39, 0.29) is 48.5 Å². The highest BCUT2D eigenvalue weighted by Gasteiger charge is 2.54. The minimum absolute atomic E-state index is 0.0241. The number of hydrogen-bond donors (Lipinski definition) is 4. The summed E-state index contributed by atoms with van der Waals surface area (Å²) in [6.45, 7) is -0.388. The lowest BCUT2D eigenvalue weighted by Crippen LogP contribution is -2.70. The number of nitrogens with zero attached hydrogens (tertiary/aromatic N) is 1. The summed E-state index contributed by atoms with van der Waals surface area (Å²) in [6, 6.07) is 4.27. The number of nitrogens with one attached hydrogen (secondary N) is 1. The van der Waals surface area contributed by atoms with E-state index < -0.39 is 62.6 Å². The zero-order valence-electron chi connectivity index (χ0n) is 18.6. The number of carbonyl (C=O) groups excluding carboxylic acids is 3. The molecule has 1 aromatic carbocycles. The number of benzene rings is 1. The number of amides is 2. The van der Waals surface area contributed by atoms with Crippen LogP contribution in [0.2, 0.25) is 0 Å². The number of thioether (sulfide) groups is 1. The number of aliphatic carboxylic acids is 2. The minimum Gasteiger partial charge on any atom is -0.481 e. The lowest BCUT2D eigenvalue weighted by Gasteiger charge is -2.49. The maximum atomic E-state index is 12.7. The number of carboxylic acid groups (broad SMARTS) is 2. The first-order valence-electron chi connectivity index (χ1n) is 10.5. The monoisotopic (exact) mass is 542 g/mol. The van der Waals surface area contributed by atoms with Gasteiger partial charge in [-0.15, -0.1) is 11.8 Å². The molecule has 194 valence electrons. The summed E-state index contributed by atoms with van der Waals surface area (Å²) in [5, 5.41) is 20.0. The number of carbonyl (C=O) groups is 5. The topological polar surface area (TPSA) is 205 Å². The molecule has 1 aromatic rings. The number of hydrogen-bond acceptors (Lipinski definition) is 9. The zero-order valence-corrected chi connectivity index (χ0v) is 20.2. The van der Waals surface area contributed by atoms with E-state index in [2.05, 4.69) is 5.32 Å². The van der Waals surface area contributed by atoms with E-state index in [4.69, 9.17) is 9.84 Å². The molecule has 0 aliphatic carbocycles. The van der Waals surface area contributed by atoms with Crippen molar-refractivity contribution in [3.8, 4) is 0 Å². The number of β-lactam (4-membered cyclic amide) rings is 1. The molecule has 4 N–H and O–H groups in total. The van der Waals surface area contributed by atoms with Crippen LogP contribution in [0.15, 0.2) is 40.4 Å². The normalized spacial score (nSPS) is 19.2. The van der Waals surface area contributed by atoms with Crippen LogP contribution in [-0.4, -0.2) is 81.6 Å². The third-order valence-corrected chi connectivity index (χ3v) is 7.64. The molecule has 15 heteroatoms. The van der Waals surface area contributed by atoms with Gasteiger partial charge in [-0.25, -0.2) is 4.79 Å². The fourth-order valence-corrected chi connectivity index (χ4v) is 5.77. The van der Waals surface area contributed by atoms with Gasteiger partial charge in [0.2, 0.25) is 5.91 Å². The SMILES string of the molecule is O=C(O)CCCC(=O)OCC1=C(C(=O)O)N2C(=O)[C@@H](NC(=O)Cc3ccccc3S(=O)(=O)O)[C@H]2SC1. The van der Waals surface area contributed by atoms with Crippen molar-refractivity contribution in [1.29, 1.82) is 0 Å². The smallest absolute Gasteiger partial charge is 0.352 e. The van der Waals surface area contributed by atoms with Crippen molar-refractivity contribution in [1.82, 2.24) is 10.2 Å². The molecular weight excluding hydrogens is 520 g/mol. The van der Waals surface area contributed by atoms with Crippen molar-refractivity contribution in [2.24, 2.45) is 0 Å². The molecule has 0 spiro atoms. The van der Waals surface area contributed by atoms with Gasteiger partial charge < -0.3 is 20.3 Å². The summed E-state index contributed by atoms with van der Waals surface area (Å²) in [4.78, 5) is 60.0. The molecule has 2 aliphatic rings. The molecule has 0 radical (unpaired) electrons. The Morgan fingerprint density at radius 1 is 1.14 bits per heavy atom. The van der Waals surface area contributed by atoms with Gasteiger partial charge in [-0.1, -0.05) is 18.2 Å². The van der Waals surface area contributed by atoms with E-state index in [0.29, 0.717) is 0 Å². The summed E-state index contributed by atoms with van der Waals surface area (Å²) >= 11 is 1.15. The Kier molecular flexibility index (Phi) is 8.37. The molecule has 1 saturated heterocycles. The predicted octanol–water partition coefficient (Wildman–Crippen LogP) is 0.0125. The summed E-state index contributed by atoms with van der Waals surface area (Å²) < 4.78 is 37.4. The third-order valence-electron chi connectivity index (χ3n) is 5.35. The summed E-state index contributed by atoms with van der Waals surface area (Å²) in [5.41, 5.74) is -0.157. The Labute approximate surface area is 209 Å². The van der Waals surface area contributed by atoms with Crippen LogP contribution in [-0.2, 0) is 45.2 Å². The molecule has 2 aliphatic heterocycles. The van der Waals surface area contributed by atoms with Gasteiger partial charge in [0.15, 0.2) is 0 Å². The van der Waals surface area contributed by atoms with E-state index in [1.54, 1.807) is 0 Å². The van der Waals surface area contributed by atoms with Gasteiger partial charge in [-0.2, -0.15) is 8.42 Å². The molecule has 0 aromatic heterocycles. The van der Waals surface area contributed by atoms with Crippen LogP contribution in [0.25, 0.3) is 0 Å². The maximum absolute atomic E-state index is 12.7. The molecule has 2 amide bonds. The molecule has 1 fully saturated rings. The van der Waals surface area contributed by atoms with Crippen LogP contribution in [0.4, 0.5) is 0 Å². The highest BCUT2D eigenvalue weighted by atomic mass is 32.2. The average molecular weight is 543 g/mol. The van der Waals surface area contributed by atoms with E-state index >= 15 is 0 Å². The number of esters is 1. The average Bonchev–Trinajstić information content (AvgIpc) is 2.79. The van der Waals surface area contributed by atoms with Gasteiger partial charge in [-0.3, -0.25) is 28.6 Å². The van der Waals surface area contributed by atoms with Gasteiger partial charge >= 0.3 is 17.9 Å². The maximum Gasteiger partial charge on any atom is 0.352 e. The molecule has 36 heavy (non-hydrogen) atoms. The fraction of sp³-hybridized carbons (Fsp3) is 0.381. The van der Waals surface area contributed by atoms with E-state index in [1.807, 2.05) is 0 Å². The van der Waals surface area contributed by atoms with E-state index in [9.17, 15) is 42.0 Å². The van der Waals surface area contributed by atoms with Crippen molar-refractivity contribution < 1.29 is 51.9 Å². The standard InChI is InChI=1S/C21H22N2O11S2/c24-14(8-11-4-1-2-5-13(11)36(31,32)33)22-17-19(28)23-18(21(29)30)12(10-35-20(17)23)9-34-16(27)7-3-6-15(25)26/h1-2,4-5,17,20H,3,6-10H2,(H,22,24)(H,25,26)(H,29,30)(H,31,32,33)/t17-,20-/m1/s1. The molecule has 0 saturated carbocycles. The van der Waals surface area contributed by atoms with Crippen molar-refractivity contribution in [2.75, 3.05) is 12.4 Å². The van der Waals surface area contributed by atoms with Crippen molar-refractivity contribution >= 4 is 51.6 Å². The first-order chi connectivity index (χ1) is 16.9. The van der Waals surface area contributed by atoms with Crippen molar-refractivity contribution in [2.45, 2.75) is 42.0 Å². The molecule has 2 heterocycles. The first kappa shape index (κ1) is 27.2. The molecule has 13 nitrogen and oxygen atoms in total. The van der Waals surface area contributed by atoms with E-state index in [0.717, 1.165) is 22.7 Å². The van der Waals surface area contributed by atoms with Gasteiger partial charge in [0.05, 0.1) is 11.3 Å².